The molecular formula is C21H35NO6. The topological polar surface area (TPSA) is 141 Å². The van der Waals surface area contributed by atoms with Crippen molar-refractivity contribution in [1.82, 2.24) is 0 Å². The third kappa shape index (κ3) is 2.82. The van der Waals surface area contributed by atoms with Gasteiger partial charge in [0.15, 0.2) is 5.78 Å². The lowest BCUT2D eigenvalue weighted by Gasteiger charge is -2.60. The number of Topliss-reactive ketones (excluding diaryl/α,β-unsaturated/α-hetero) is 2. The lowest BCUT2D eigenvalue weighted by atomic mass is 9.44. The van der Waals surface area contributed by atoms with Crippen LogP contribution < -0.4 is 5.90 Å². The molecule has 0 aromatic heterocycles. The van der Waals surface area contributed by atoms with Crippen molar-refractivity contribution in [3.05, 3.63) is 0 Å². The molecule has 4 aliphatic carbocycles. The number of hydrogen-bond donors (Lipinski definition) is 5. The van der Waals surface area contributed by atoms with E-state index in [1.807, 2.05) is 6.92 Å². The van der Waals surface area contributed by atoms with E-state index in [4.69, 9.17) is 5.21 Å². The quantitative estimate of drug-likeness (QED) is 0.441. The first-order chi connectivity index (χ1) is 13.2. The summed E-state index contributed by atoms with van der Waals surface area (Å²) in [5.74, 6) is 3.88. The minimum absolute atomic E-state index is 0.0154. The molecule has 0 bridgehead atoms. The van der Waals surface area contributed by atoms with E-state index in [9.17, 15) is 24.9 Å². The van der Waals surface area contributed by atoms with Crippen molar-refractivity contribution in [2.24, 2.45) is 40.4 Å². The summed E-state index contributed by atoms with van der Waals surface area (Å²) < 4.78 is 0. The monoisotopic (exact) mass is 397 g/mol. The zero-order valence-electron chi connectivity index (χ0n) is 16.9. The molecule has 0 spiro atoms. The molecule has 4 fully saturated rings. The molecule has 0 unspecified atom stereocenters. The number of carbonyl (C=O) groups is 2. The van der Waals surface area contributed by atoms with E-state index in [1.165, 1.54) is 0 Å². The molecule has 0 aromatic rings. The number of carbonyl (C=O) groups excluding carboxylic acids is 2. The van der Waals surface area contributed by atoms with E-state index in [1.54, 1.807) is 0 Å². The van der Waals surface area contributed by atoms with Crippen molar-refractivity contribution >= 4 is 11.6 Å². The van der Waals surface area contributed by atoms with E-state index in [0.29, 0.717) is 12.3 Å². The summed E-state index contributed by atoms with van der Waals surface area (Å²) in [7, 11) is 0. The summed E-state index contributed by atoms with van der Waals surface area (Å²) in [6.07, 6.45) is 5.47. The maximum Gasteiger partial charge on any atom is 0.190 e. The van der Waals surface area contributed by atoms with Gasteiger partial charge in [-0.15, -0.1) is 0 Å². The first-order valence-corrected chi connectivity index (χ1v) is 10.5. The van der Waals surface area contributed by atoms with Crippen LogP contribution in [0.4, 0.5) is 0 Å². The van der Waals surface area contributed by atoms with Gasteiger partial charge in [-0.1, -0.05) is 13.8 Å². The molecule has 0 heterocycles. The molecule has 8 atom stereocenters. The Hall–Kier alpha value is -0.860. The molecule has 0 amide bonds. The van der Waals surface area contributed by atoms with Crippen molar-refractivity contribution in [3.63, 3.8) is 0 Å². The summed E-state index contributed by atoms with van der Waals surface area (Å²) in [4.78, 5) is 25.7. The summed E-state index contributed by atoms with van der Waals surface area (Å²) in [5, 5.41) is 37.1. The van der Waals surface area contributed by atoms with Crippen LogP contribution in [0, 0.1) is 34.5 Å². The largest absolute Gasteiger partial charge is 0.393 e. The predicted octanol–water partition coefficient (Wildman–Crippen LogP) is 1.20. The van der Waals surface area contributed by atoms with Gasteiger partial charge in [-0.3, -0.25) is 9.59 Å². The molecular weight excluding hydrogens is 362 g/mol. The normalized spacial score (nSPS) is 50.0. The minimum Gasteiger partial charge on any atom is -0.393 e. The van der Waals surface area contributed by atoms with Crippen LogP contribution in [0.1, 0.15) is 65.2 Å². The molecule has 0 aromatic carbocycles. The standard InChI is InChI=1S/C21H32O5.H3NO/c1-19-7-5-13(23)9-12(19)3-4-14-15-6-8-21(26,17(25)11-22)20(15,2)10-16(24)18(14)19;1-2/h12-15,18,22-23,26H,3-11H2,1-2H3;2H,1H2/t12-,13-,14+,15+,18-,19+,20+,21+;/m1./s1. The number of aliphatic hydroxyl groups is 3. The van der Waals surface area contributed by atoms with Gasteiger partial charge in [0.2, 0.25) is 0 Å². The second-order valence-electron chi connectivity index (χ2n) is 10.00. The number of hydrogen-bond acceptors (Lipinski definition) is 7. The Labute approximate surface area is 166 Å². The Kier molecular flexibility index (Phi) is 5.80. The van der Waals surface area contributed by atoms with Crippen LogP contribution in [0.15, 0.2) is 0 Å². The van der Waals surface area contributed by atoms with E-state index < -0.39 is 23.4 Å². The molecule has 0 aliphatic heterocycles. The van der Waals surface area contributed by atoms with E-state index in [-0.39, 0.29) is 41.5 Å². The van der Waals surface area contributed by atoms with Crippen molar-refractivity contribution < 1.29 is 30.1 Å². The van der Waals surface area contributed by atoms with E-state index in [2.05, 4.69) is 12.8 Å². The molecule has 28 heavy (non-hydrogen) atoms. The summed E-state index contributed by atoms with van der Waals surface area (Å²) in [6, 6.07) is 0. The minimum atomic E-state index is -1.58. The first kappa shape index (κ1) is 21.8. The average Bonchev–Trinajstić information content (AvgIpc) is 2.94. The van der Waals surface area contributed by atoms with Crippen LogP contribution in [0.5, 0.6) is 0 Å². The maximum atomic E-state index is 13.4. The Bertz CT molecular complexity index is 640. The predicted molar refractivity (Wildman–Crippen MR) is 101 cm³/mol. The van der Waals surface area contributed by atoms with Crippen molar-refractivity contribution in [3.8, 4) is 0 Å². The fourth-order valence-corrected chi connectivity index (χ4v) is 7.64. The second kappa shape index (κ2) is 7.43. The van der Waals surface area contributed by atoms with Crippen LogP contribution in [-0.2, 0) is 9.59 Å². The molecule has 4 aliphatic rings. The summed E-state index contributed by atoms with van der Waals surface area (Å²) >= 11 is 0. The maximum absolute atomic E-state index is 13.4. The van der Waals surface area contributed by atoms with Crippen LogP contribution in [0.25, 0.3) is 0 Å². The van der Waals surface area contributed by atoms with Crippen LogP contribution in [-0.4, -0.2) is 50.4 Å². The van der Waals surface area contributed by atoms with Crippen LogP contribution >= 0.6 is 0 Å². The highest BCUT2D eigenvalue weighted by atomic mass is 16.4. The molecule has 160 valence electrons. The zero-order chi connectivity index (χ0) is 20.9. The van der Waals surface area contributed by atoms with Gasteiger partial charge in [0.1, 0.15) is 18.0 Å². The highest BCUT2D eigenvalue weighted by Crippen LogP contribution is 2.67. The fraction of sp³-hybridized carbons (Fsp3) is 0.905. The van der Waals surface area contributed by atoms with Crippen LogP contribution in [0.2, 0.25) is 0 Å². The van der Waals surface area contributed by atoms with Crippen molar-refractivity contribution in [2.45, 2.75) is 76.9 Å². The average molecular weight is 398 g/mol. The van der Waals surface area contributed by atoms with Gasteiger partial charge in [0.05, 0.1) is 6.10 Å². The van der Waals surface area contributed by atoms with E-state index in [0.717, 1.165) is 38.5 Å². The molecule has 7 nitrogen and oxygen atoms in total. The molecule has 4 rings (SSSR count). The molecule has 4 saturated carbocycles. The third-order valence-electron chi connectivity index (χ3n) is 9.08. The van der Waals surface area contributed by atoms with Gasteiger partial charge in [-0.25, -0.2) is 5.90 Å². The lowest BCUT2D eigenvalue weighted by molar-refractivity contribution is -0.180. The Balaban J connectivity index is 0.00000109. The smallest absolute Gasteiger partial charge is 0.190 e. The number of nitrogens with two attached hydrogens (primary N) is 1. The SMILES string of the molecule is C[C@]12CC[C@@H](O)C[C@H]1CC[C@@H]1[C@@H]2C(=O)C[C@@]2(C)[C@H]1CC[C@]2(O)C(=O)CO.NO. The number of rotatable bonds is 2. The number of aliphatic hydroxyl groups excluding tert-OH is 2. The summed E-state index contributed by atoms with van der Waals surface area (Å²) in [5.41, 5.74) is -2.40. The Morgan fingerprint density at radius 2 is 1.82 bits per heavy atom. The highest BCUT2D eigenvalue weighted by molar-refractivity contribution is 5.92. The van der Waals surface area contributed by atoms with Crippen molar-refractivity contribution in [2.75, 3.05) is 6.61 Å². The fourth-order valence-electron chi connectivity index (χ4n) is 7.64. The molecule has 6 N–H and O–H groups in total. The van der Waals surface area contributed by atoms with Gasteiger partial charge in [-0.2, -0.15) is 0 Å². The first-order valence-electron chi connectivity index (χ1n) is 10.5. The van der Waals surface area contributed by atoms with Crippen LogP contribution in [0.3, 0.4) is 0 Å². The molecule has 0 saturated heterocycles. The lowest BCUT2D eigenvalue weighted by Crippen LogP contribution is -2.62. The van der Waals surface area contributed by atoms with Crippen molar-refractivity contribution in [1.29, 1.82) is 0 Å². The highest BCUT2D eigenvalue weighted by Gasteiger charge is 2.68. The number of fused-ring (bicyclic) bond motifs is 5. The van der Waals surface area contributed by atoms with Gasteiger partial charge in [-0.05, 0) is 68.1 Å². The van der Waals surface area contributed by atoms with Gasteiger partial charge in [0, 0.05) is 17.8 Å². The molecule has 7 heteroatoms. The van der Waals surface area contributed by atoms with Gasteiger partial charge < -0.3 is 20.5 Å². The Morgan fingerprint density at radius 1 is 1.14 bits per heavy atom. The summed E-state index contributed by atoms with van der Waals surface area (Å²) in [6.45, 7) is 3.46. The van der Waals surface area contributed by atoms with Gasteiger partial charge in [0.25, 0.3) is 0 Å². The zero-order valence-corrected chi connectivity index (χ0v) is 16.9. The van der Waals surface area contributed by atoms with Gasteiger partial charge >= 0.3 is 0 Å². The second-order valence-corrected chi connectivity index (χ2v) is 10.00. The Morgan fingerprint density at radius 3 is 2.46 bits per heavy atom. The number of ketones is 2. The van der Waals surface area contributed by atoms with E-state index >= 15 is 0 Å². The third-order valence-corrected chi connectivity index (χ3v) is 9.08. The molecule has 0 radical (unpaired) electrons.